The Kier molecular flexibility index (Phi) is 8.34. The molecule has 2 aromatic carbocycles. The van der Waals surface area contributed by atoms with Crippen molar-refractivity contribution in [2.45, 2.75) is 39.3 Å². The summed E-state index contributed by atoms with van der Waals surface area (Å²) in [6, 6.07) is 13.7. The number of hydrogen-bond donors (Lipinski definition) is 2. The molecule has 0 aliphatic carbocycles. The SMILES string of the molecule is CC(C)CC(C(=O)O)N(CCc1cccc(OCc2ccccc2Cl)c1)C(=O)O. The zero-order valence-electron chi connectivity index (χ0n) is 16.5. The lowest BCUT2D eigenvalue weighted by Crippen LogP contribution is -2.46. The number of amides is 1. The molecule has 29 heavy (non-hydrogen) atoms. The van der Waals surface area contributed by atoms with E-state index in [0.29, 0.717) is 23.8 Å². The molecule has 0 heterocycles. The van der Waals surface area contributed by atoms with Crippen LogP contribution in [0.5, 0.6) is 5.75 Å². The Morgan fingerprint density at radius 3 is 2.45 bits per heavy atom. The van der Waals surface area contributed by atoms with Gasteiger partial charge in [-0.1, -0.05) is 55.8 Å². The van der Waals surface area contributed by atoms with E-state index in [1.807, 2.05) is 56.3 Å². The van der Waals surface area contributed by atoms with Gasteiger partial charge in [-0.25, -0.2) is 9.59 Å². The van der Waals surface area contributed by atoms with Crippen LogP contribution in [0, 0.1) is 5.92 Å². The van der Waals surface area contributed by atoms with Crippen LogP contribution in [0.3, 0.4) is 0 Å². The van der Waals surface area contributed by atoms with Crippen molar-refractivity contribution in [3.05, 3.63) is 64.7 Å². The number of nitrogens with zero attached hydrogens (tertiary/aromatic N) is 1. The molecule has 0 aliphatic heterocycles. The van der Waals surface area contributed by atoms with Gasteiger partial charge < -0.3 is 14.9 Å². The summed E-state index contributed by atoms with van der Waals surface area (Å²) < 4.78 is 5.80. The molecule has 1 unspecified atom stereocenters. The van der Waals surface area contributed by atoms with E-state index >= 15 is 0 Å². The topological polar surface area (TPSA) is 87.1 Å². The van der Waals surface area contributed by atoms with E-state index in [-0.39, 0.29) is 18.9 Å². The third kappa shape index (κ3) is 6.98. The molecule has 0 saturated heterocycles. The van der Waals surface area contributed by atoms with Gasteiger partial charge in [0.15, 0.2) is 0 Å². The summed E-state index contributed by atoms with van der Waals surface area (Å²) in [6.07, 6.45) is -0.579. The van der Waals surface area contributed by atoms with Gasteiger partial charge in [-0.3, -0.25) is 4.90 Å². The first-order chi connectivity index (χ1) is 13.8. The minimum absolute atomic E-state index is 0.0690. The Balaban J connectivity index is 2.03. The molecule has 7 heteroatoms. The average molecular weight is 420 g/mol. The van der Waals surface area contributed by atoms with E-state index in [2.05, 4.69) is 0 Å². The van der Waals surface area contributed by atoms with Gasteiger partial charge >= 0.3 is 12.1 Å². The van der Waals surface area contributed by atoms with Gasteiger partial charge in [-0.05, 0) is 42.5 Å². The zero-order chi connectivity index (χ0) is 21.4. The van der Waals surface area contributed by atoms with E-state index < -0.39 is 18.1 Å². The minimum Gasteiger partial charge on any atom is -0.489 e. The highest BCUT2D eigenvalue weighted by Crippen LogP contribution is 2.20. The summed E-state index contributed by atoms with van der Waals surface area (Å²) in [7, 11) is 0. The normalized spacial score (nSPS) is 11.9. The Bertz CT molecular complexity index is 839. The smallest absolute Gasteiger partial charge is 0.408 e. The summed E-state index contributed by atoms with van der Waals surface area (Å²) in [6.45, 7) is 4.15. The average Bonchev–Trinajstić information content (AvgIpc) is 2.66. The molecule has 0 saturated carbocycles. The van der Waals surface area contributed by atoms with E-state index in [0.717, 1.165) is 16.0 Å². The lowest BCUT2D eigenvalue weighted by molar-refractivity contribution is -0.143. The largest absolute Gasteiger partial charge is 0.489 e. The molecule has 6 nitrogen and oxygen atoms in total. The summed E-state index contributed by atoms with van der Waals surface area (Å²) in [5.41, 5.74) is 1.73. The number of rotatable bonds is 10. The predicted octanol–water partition coefficient (Wildman–Crippen LogP) is 4.94. The Morgan fingerprint density at radius 2 is 1.83 bits per heavy atom. The van der Waals surface area contributed by atoms with Crippen molar-refractivity contribution < 1.29 is 24.5 Å². The quantitative estimate of drug-likeness (QED) is 0.569. The molecular formula is C22H26ClNO5. The van der Waals surface area contributed by atoms with Crippen LogP contribution in [0.15, 0.2) is 48.5 Å². The highest BCUT2D eigenvalue weighted by molar-refractivity contribution is 6.31. The molecule has 0 radical (unpaired) electrons. The van der Waals surface area contributed by atoms with Crippen LogP contribution in [0.25, 0.3) is 0 Å². The first-order valence-corrected chi connectivity index (χ1v) is 9.83. The maximum absolute atomic E-state index is 11.6. The van der Waals surface area contributed by atoms with E-state index in [9.17, 15) is 19.8 Å². The highest BCUT2D eigenvalue weighted by atomic mass is 35.5. The fourth-order valence-electron chi connectivity index (χ4n) is 3.01. The first-order valence-electron chi connectivity index (χ1n) is 9.45. The van der Waals surface area contributed by atoms with E-state index in [1.165, 1.54) is 0 Å². The van der Waals surface area contributed by atoms with E-state index in [4.69, 9.17) is 16.3 Å². The molecule has 2 aromatic rings. The molecule has 156 valence electrons. The molecule has 0 fully saturated rings. The number of halogens is 1. The van der Waals surface area contributed by atoms with Crippen molar-refractivity contribution in [2.75, 3.05) is 6.54 Å². The Labute approximate surface area is 175 Å². The number of ether oxygens (including phenoxy) is 1. The van der Waals surface area contributed by atoms with Crippen molar-refractivity contribution in [3.8, 4) is 5.75 Å². The third-order valence-corrected chi connectivity index (χ3v) is 4.86. The standard InChI is InChI=1S/C22H26ClNO5/c1-15(2)12-20(21(25)26)24(22(27)28)11-10-16-6-5-8-18(13-16)29-14-17-7-3-4-9-19(17)23/h3-9,13,15,20H,10-12,14H2,1-2H3,(H,25,26)(H,27,28). The maximum Gasteiger partial charge on any atom is 0.408 e. The van der Waals surface area contributed by atoms with Crippen LogP contribution in [0.1, 0.15) is 31.4 Å². The molecule has 0 bridgehead atoms. The van der Waals surface area contributed by atoms with Crippen LogP contribution >= 0.6 is 11.6 Å². The summed E-state index contributed by atoms with van der Waals surface area (Å²) >= 11 is 6.14. The lowest BCUT2D eigenvalue weighted by atomic mass is 10.0. The van der Waals surface area contributed by atoms with Crippen LogP contribution in [0.2, 0.25) is 5.02 Å². The number of carbonyl (C=O) groups is 2. The zero-order valence-corrected chi connectivity index (χ0v) is 17.3. The van der Waals surface area contributed by atoms with Gasteiger partial charge in [-0.2, -0.15) is 0 Å². The molecule has 0 aromatic heterocycles. The molecule has 1 atom stereocenters. The van der Waals surface area contributed by atoms with Crippen LogP contribution in [0.4, 0.5) is 4.79 Å². The van der Waals surface area contributed by atoms with Gasteiger partial charge in [0.2, 0.25) is 0 Å². The van der Waals surface area contributed by atoms with Crippen molar-refractivity contribution in [1.29, 1.82) is 0 Å². The Hall–Kier alpha value is -2.73. The molecule has 2 rings (SSSR count). The Morgan fingerprint density at radius 1 is 1.10 bits per heavy atom. The van der Waals surface area contributed by atoms with Crippen molar-refractivity contribution in [1.82, 2.24) is 4.90 Å². The second-order valence-electron chi connectivity index (χ2n) is 7.24. The van der Waals surface area contributed by atoms with Crippen molar-refractivity contribution in [3.63, 3.8) is 0 Å². The molecule has 2 N–H and O–H groups in total. The van der Waals surface area contributed by atoms with Gasteiger partial charge in [0, 0.05) is 17.1 Å². The number of carboxylic acids is 1. The van der Waals surface area contributed by atoms with Gasteiger partial charge in [-0.15, -0.1) is 0 Å². The number of aliphatic carboxylic acids is 1. The first kappa shape index (κ1) is 22.6. The molecule has 1 amide bonds. The summed E-state index contributed by atoms with van der Waals surface area (Å²) in [5.74, 6) is -0.418. The second kappa shape index (κ2) is 10.7. The molecule has 0 aliphatic rings. The number of benzene rings is 2. The van der Waals surface area contributed by atoms with Crippen LogP contribution < -0.4 is 4.74 Å². The van der Waals surface area contributed by atoms with Gasteiger partial charge in [0.25, 0.3) is 0 Å². The van der Waals surface area contributed by atoms with Crippen LogP contribution in [-0.2, 0) is 17.8 Å². The fraction of sp³-hybridized carbons (Fsp3) is 0.364. The van der Waals surface area contributed by atoms with Crippen molar-refractivity contribution >= 4 is 23.7 Å². The maximum atomic E-state index is 11.6. The van der Waals surface area contributed by atoms with Gasteiger partial charge in [0.05, 0.1) is 0 Å². The highest BCUT2D eigenvalue weighted by Gasteiger charge is 2.29. The van der Waals surface area contributed by atoms with Gasteiger partial charge in [0.1, 0.15) is 18.4 Å². The number of hydrogen-bond acceptors (Lipinski definition) is 3. The second-order valence-corrected chi connectivity index (χ2v) is 7.64. The third-order valence-electron chi connectivity index (χ3n) is 4.49. The monoisotopic (exact) mass is 419 g/mol. The predicted molar refractivity (Wildman–Crippen MR) is 112 cm³/mol. The number of carboxylic acid groups (broad SMARTS) is 2. The summed E-state index contributed by atoms with van der Waals surface area (Å²) in [4.78, 5) is 24.2. The molecular weight excluding hydrogens is 394 g/mol. The lowest BCUT2D eigenvalue weighted by Gasteiger charge is -2.27. The molecule has 0 spiro atoms. The summed E-state index contributed by atoms with van der Waals surface area (Å²) in [5, 5.41) is 19.6. The van der Waals surface area contributed by atoms with E-state index in [1.54, 1.807) is 6.07 Å². The fourth-order valence-corrected chi connectivity index (χ4v) is 3.20. The van der Waals surface area contributed by atoms with Crippen molar-refractivity contribution in [2.24, 2.45) is 5.92 Å². The minimum atomic E-state index is -1.23. The van der Waals surface area contributed by atoms with Crippen LogP contribution in [-0.4, -0.2) is 39.8 Å².